The van der Waals surface area contributed by atoms with Crippen molar-refractivity contribution in [3.05, 3.63) is 60.0 Å². The summed E-state index contributed by atoms with van der Waals surface area (Å²) in [5.41, 5.74) is 3.10. The molecule has 2 fully saturated rings. The molecule has 2 saturated heterocycles. The highest BCUT2D eigenvalue weighted by Crippen LogP contribution is 2.41. The number of nitrogens with zero attached hydrogens (tertiary/aromatic N) is 5. The minimum Gasteiger partial charge on any atom is -0.462 e. The van der Waals surface area contributed by atoms with Gasteiger partial charge in [0.25, 0.3) is 0 Å². The van der Waals surface area contributed by atoms with Gasteiger partial charge in [-0.15, -0.1) is 0 Å². The van der Waals surface area contributed by atoms with Crippen molar-refractivity contribution in [2.24, 2.45) is 5.41 Å². The summed E-state index contributed by atoms with van der Waals surface area (Å²) in [6, 6.07) is 10.5. The van der Waals surface area contributed by atoms with E-state index in [1.807, 2.05) is 12.3 Å². The smallest absolute Gasteiger partial charge is 0.341 e. The van der Waals surface area contributed by atoms with Crippen LogP contribution < -0.4 is 4.90 Å². The van der Waals surface area contributed by atoms with Gasteiger partial charge in [-0.05, 0) is 31.0 Å². The van der Waals surface area contributed by atoms with Gasteiger partial charge >= 0.3 is 5.97 Å². The molecule has 154 valence electrons. The summed E-state index contributed by atoms with van der Waals surface area (Å²) in [4.78, 5) is 29.8. The van der Waals surface area contributed by atoms with Crippen LogP contribution in [-0.4, -0.2) is 58.6 Å². The van der Waals surface area contributed by atoms with Gasteiger partial charge in [0.1, 0.15) is 0 Å². The van der Waals surface area contributed by atoms with E-state index in [0.29, 0.717) is 23.5 Å². The highest BCUT2D eigenvalue weighted by molar-refractivity contribution is 5.88. The minimum atomic E-state index is -0.375. The van der Waals surface area contributed by atoms with E-state index in [4.69, 9.17) is 4.74 Å². The lowest BCUT2D eigenvalue weighted by atomic mass is 9.79. The van der Waals surface area contributed by atoms with E-state index >= 15 is 0 Å². The molecule has 5 rings (SSSR count). The van der Waals surface area contributed by atoms with Gasteiger partial charge in [-0.25, -0.2) is 14.8 Å². The average molecular weight is 403 g/mol. The Morgan fingerprint density at radius 1 is 1.10 bits per heavy atom. The summed E-state index contributed by atoms with van der Waals surface area (Å²) < 4.78 is 5.00. The summed E-state index contributed by atoms with van der Waals surface area (Å²) in [7, 11) is 0. The molecule has 1 aromatic carbocycles. The van der Waals surface area contributed by atoms with Gasteiger partial charge in [-0.2, -0.15) is 0 Å². The van der Waals surface area contributed by atoms with Crippen molar-refractivity contribution in [1.29, 1.82) is 0 Å². The zero-order chi connectivity index (χ0) is 20.6. The van der Waals surface area contributed by atoms with Crippen molar-refractivity contribution < 1.29 is 9.53 Å². The predicted octanol–water partition coefficient (Wildman–Crippen LogP) is 2.91. The Labute approximate surface area is 175 Å². The number of likely N-dealkylation sites (tertiary alicyclic amines) is 1. The number of esters is 1. The summed E-state index contributed by atoms with van der Waals surface area (Å²) in [6.07, 6.45) is 6.17. The lowest BCUT2D eigenvalue weighted by Gasteiger charge is -2.48. The molecule has 1 spiro atoms. The predicted molar refractivity (Wildman–Crippen MR) is 114 cm³/mol. The van der Waals surface area contributed by atoms with Gasteiger partial charge in [0, 0.05) is 62.1 Å². The molecule has 7 heteroatoms. The van der Waals surface area contributed by atoms with Crippen molar-refractivity contribution in [3.63, 3.8) is 0 Å². The van der Waals surface area contributed by atoms with Crippen molar-refractivity contribution in [3.8, 4) is 0 Å². The summed E-state index contributed by atoms with van der Waals surface area (Å²) in [5, 5.41) is 1.24. The number of hydrogen-bond donors (Lipinski definition) is 0. The van der Waals surface area contributed by atoms with Crippen molar-refractivity contribution in [2.75, 3.05) is 37.7 Å². The number of hydrogen-bond acceptors (Lipinski definition) is 7. The first-order valence-corrected chi connectivity index (χ1v) is 10.4. The van der Waals surface area contributed by atoms with E-state index in [1.165, 1.54) is 10.9 Å². The Kier molecular flexibility index (Phi) is 4.83. The van der Waals surface area contributed by atoms with Crippen LogP contribution in [0.15, 0.2) is 48.9 Å². The third-order valence-corrected chi connectivity index (χ3v) is 6.12. The van der Waals surface area contributed by atoms with Crippen LogP contribution in [-0.2, 0) is 11.3 Å². The van der Waals surface area contributed by atoms with Crippen LogP contribution in [0.4, 0.5) is 5.95 Å². The zero-order valence-electron chi connectivity index (χ0n) is 17.1. The number of rotatable bonds is 5. The molecule has 0 aliphatic carbocycles. The second kappa shape index (κ2) is 7.65. The van der Waals surface area contributed by atoms with Crippen molar-refractivity contribution >= 4 is 22.8 Å². The number of fused-ring (bicyclic) bond motifs is 1. The number of anilines is 1. The number of para-hydroxylation sites is 1. The van der Waals surface area contributed by atoms with E-state index in [0.717, 1.165) is 44.7 Å². The van der Waals surface area contributed by atoms with E-state index in [1.54, 1.807) is 19.3 Å². The fourth-order valence-electron chi connectivity index (χ4n) is 4.72. The van der Waals surface area contributed by atoms with Gasteiger partial charge < -0.3 is 9.64 Å². The molecule has 0 amide bonds. The van der Waals surface area contributed by atoms with Crippen LogP contribution in [0.5, 0.6) is 0 Å². The lowest BCUT2D eigenvalue weighted by molar-refractivity contribution is 0.0119. The first-order valence-electron chi connectivity index (χ1n) is 10.4. The molecule has 0 N–H and O–H groups in total. The SMILES string of the molecule is CCOC(=O)c1cnc(N2CCC3(CN(Cc4ccnc5ccccc45)C3)C2)nc1. The Balaban J connectivity index is 1.20. The van der Waals surface area contributed by atoms with E-state index < -0.39 is 0 Å². The van der Waals surface area contributed by atoms with Crippen LogP contribution in [0.3, 0.4) is 0 Å². The maximum Gasteiger partial charge on any atom is 0.341 e. The van der Waals surface area contributed by atoms with E-state index in [2.05, 4.69) is 49.0 Å². The lowest BCUT2D eigenvalue weighted by Crippen LogP contribution is -2.56. The van der Waals surface area contributed by atoms with Gasteiger partial charge in [-0.3, -0.25) is 9.88 Å². The van der Waals surface area contributed by atoms with Crippen LogP contribution in [0, 0.1) is 5.41 Å². The number of aromatic nitrogens is 3. The molecule has 0 saturated carbocycles. The maximum atomic E-state index is 11.8. The average Bonchev–Trinajstić information content (AvgIpc) is 3.20. The molecule has 7 nitrogen and oxygen atoms in total. The molecule has 3 aromatic rings. The minimum absolute atomic E-state index is 0.312. The fourth-order valence-corrected chi connectivity index (χ4v) is 4.72. The van der Waals surface area contributed by atoms with Gasteiger partial charge in [0.15, 0.2) is 0 Å². The number of pyridine rings is 1. The molecular weight excluding hydrogens is 378 g/mol. The van der Waals surface area contributed by atoms with Crippen molar-refractivity contribution in [1.82, 2.24) is 19.9 Å². The van der Waals surface area contributed by atoms with Crippen LogP contribution >= 0.6 is 0 Å². The van der Waals surface area contributed by atoms with Gasteiger partial charge in [0.05, 0.1) is 17.7 Å². The van der Waals surface area contributed by atoms with E-state index in [-0.39, 0.29) is 5.97 Å². The Morgan fingerprint density at radius 2 is 1.90 bits per heavy atom. The first kappa shape index (κ1) is 18.9. The second-order valence-electron chi connectivity index (χ2n) is 8.30. The Morgan fingerprint density at radius 3 is 2.70 bits per heavy atom. The number of ether oxygens (including phenoxy) is 1. The first-order chi connectivity index (χ1) is 14.7. The summed E-state index contributed by atoms with van der Waals surface area (Å²) in [5.74, 6) is 0.318. The van der Waals surface area contributed by atoms with E-state index in [9.17, 15) is 4.79 Å². The molecule has 0 unspecified atom stereocenters. The number of carbonyl (C=O) groups excluding carboxylic acids is 1. The standard InChI is InChI=1S/C23H25N5O2/c1-2-30-21(29)18-11-25-22(26-12-18)28-10-8-23(16-28)14-27(15-23)13-17-7-9-24-20-6-4-3-5-19(17)20/h3-7,9,11-12H,2,8,10,13-16H2,1H3. The highest BCUT2D eigenvalue weighted by atomic mass is 16.5. The van der Waals surface area contributed by atoms with Crippen LogP contribution in [0.1, 0.15) is 29.3 Å². The van der Waals surface area contributed by atoms with Crippen molar-refractivity contribution in [2.45, 2.75) is 19.9 Å². The topological polar surface area (TPSA) is 71.5 Å². The molecule has 30 heavy (non-hydrogen) atoms. The number of benzene rings is 1. The second-order valence-corrected chi connectivity index (χ2v) is 8.30. The summed E-state index contributed by atoms with van der Waals surface area (Å²) in [6.45, 7) is 7.17. The molecule has 0 atom stereocenters. The molecule has 2 aliphatic rings. The van der Waals surface area contributed by atoms with Crippen LogP contribution in [0.25, 0.3) is 10.9 Å². The molecule has 0 bridgehead atoms. The zero-order valence-corrected chi connectivity index (χ0v) is 17.1. The normalized spacial score (nSPS) is 18.0. The Hall–Kier alpha value is -3.06. The van der Waals surface area contributed by atoms with Gasteiger partial charge in [-0.1, -0.05) is 18.2 Å². The molecule has 2 aliphatic heterocycles. The maximum absolute atomic E-state index is 11.8. The Bertz CT molecular complexity index is 1060. The quantitative estimate of drug-likeness (QED) is 0.607. The fraction of sp³-hybridized carbons (Fsp3) is 0.391. The largest absolute Gasteiger partial charge is 0.462 e. The molecule has 2 aromatic heterocycles. The molecule has 0 radical (unpaired) electrons. The highest BCUT2D eigenvalue weighted by Gasteiger charge is 2.48. The third-order valence-electron chi connectivity index (χ3n) is 6.12. The monoisotopic (exact) mass is 403 g/mol. The number of carbonyl (C=O) groups is 1. The summed E-state index contributed by atoms with van der Waals surface area (Å²) >= 11 is 0. The molecular formula is C23H25N5O2. The molecule has 4 heterocycles. The van der Waals surface area contributed by atoms with Crippen LogP contribution in [0.2, 0.25) is 0 Å². The van der Waals surface area contributed by atoms with Gasteiger partial charge in [0.2, 0.25) is 5.95 Å². The third kappa shape index (κ3) is 3.50.